The van der Waals surface area contributed by atoms with E-state index < -0.39 is 10.0 Å². The highest BCUT2D eigenvalue weighted by Crippen LogP contribution is 2.21. The Morgan fingerprint density at radius 2 is 1.71 bits per heavy atom. The number of rotatable bonds is 5. The molecule has 150 valence electrons. The molecule has 1 amide bonds. The van der Waals surface area contributed by atoms with E-state index in [1.54, 1.807) is 24.1 Å². The Morgan fingerprint density at radius 1 is 1.00 bits per heavy atom. The Bertz CT molecular complexity index is 964. The molecule has 0 atom stereocenters. The first-order chi connectivity index (χ1) is 13.3. The van der Waals surface area contributed by atoms with Gasteiger partial charge in [0.25, 0.3) is 0 Å². The van der Waals surface area contributed by atoms with Crippen molar-refractivity contribution in [3.63, 3.8) is 0 Å². The van der Waals surface area contributed by atoms with Crippen LogP contribution >= 0.6 is 0 Å². The number of methoxy groups -OCH3 is 1. The summed E-state index contributed by atoms with van der Waals surface area (Å²) in [4.78, 5) is 14.6. The maximum Gasteiger partial charge on any atom is 0.243 e. The molecule has 28 heavy (non-hydrogen) atoms. The summed E-state index contributed by atoms with van der Waals surface area (Å²) >= 11 is 0. The lowest BCUT2D eigenvalue weighted by molar-refractivity contribution is -0.131. The standard InChI is InChI=1S/C21H26N2O4S/c1-16-7-8-20(13-17(16)2)28(25,26)23-11-9-22(10-12-23)21(24)15-18-5-4-6-19(14-18)27-3/h4-8,13-14H,9-12,15H2,1-3H3. The largest absolute Gasteiger partial charge is 0.497 e. The lowest BCUT2D eigenvalue weighted by Gasteiger charge is -2.34. The van der Waals surface area contributed by atoms with Gasteiger partial charge in [-0.2, -0.15) is 4.31 Å². The van der Waals surface area contributed by atoms with E-state index in [1.165, 1.54) is 4.31 Å². The van der Waals surface area contributed by atoms with Gasteiger partial charge in [-0.3, -0.25) is 4.79 Å². The number of carbonyl (C=O) groups is 1. The molecule has 1 saturated heterocycles. The number of sulfonamides is 1. The van der Waals surface area contributed by atoms with Gasteiger partial charge in [-0.1, -0.05) is 18.2 Å². The highest BCUT2D eigenvalue weighted by molar-refractivity contribution is 7.89. The van der Waals surface area contributed by atoms with Gasteiger partial charge >= 0.3 is 0 Å². The van der Waals surface area contributed by atoms with Crippen LogP contribution in [0.4, 0.5) is 0 Å². The molecular weight excluding hydrogens is 376 g/mol. The van der Waals surface area contributed by atoms with Crippen LogP contribution in [-0.4, -0.2) is 56.8 Å². The molecule has 2 aromatic rings. The van der Waals surface area contributed by atoms with Crippen LogP contribution in [0.3, 0.4) is 0 Å². The molecule has 7 heteroatoms. The lowest BCUT2D eigenvalue weighted by atomic mass is 10.1. The molecule has 0 N–H and O–H groups in total. The molecule has 1 heterocycles. The maximum atomic E-state index is 12.9. The van der Waals surface area contributed by atoms with Gasteiger partial charge in [-0.25, -0.2) is 8.42 Å². The number of amides is 1. The van der Waals surface area contributed by atoms with E-state index in [4.69, 9.17) is 4.74 Å². The second-order valence-corrected chi connectivity index (χ2v) is 9.00. The number of carbonyl (C=O) groups excluding carboxylic acids is 1. The lowest BCUT2D eigenvalue weighted by Crippen LogP contribution is -2.50. The van der Waals surface area contributed by atoms with Crippen LogP contribution in [-0.2, 0) is 21.2 Å². The summed E-state index contributed by atoms with van der Waals surface area (Å²) in [6.07, 6.45) is 0.279. The van der Waals surface area contributed by atoms with Crippen molar-refractivity contribution < 1.29 is 17.9 Å². The Hall–Kier alpha value is -2.38. The Labute approximate surface area is 166 Å². The summed E-state index contributed by atoms with van der Waals surface area (Å²) in [5.74, 6) is 0.714. The van der Waals surface area contributed by atoms with Gasteiger partial charge in [0.15, 0.2) is 0 Å². The fourth-order valence-corrected chi connectivity index (χ4v) is 4.78. The summed E-state index contributed by atoms with van der Waals surface area (Å²) in [6.45, 7) is 5.26. The van der Waals surface area contributed by atoms with E-state index in [1.807, 2.05) is 44.2 Å². The Balaban J connectivity index is 1.63. The second-order valence-electron chi connectivity index (χ2n) is 7.06. The van der Waals surface area contributed by atoms with Crippen molar-refractivity contribution in [2.75, 3.05) is 33.3 Å². The number of aryl methyl sites for hydroxylation is 2. The zero-order chi connectivity index (χ0) is 20.3. The van der Waals surface area contributed by atoms with Crippen LogP contribution in [0.25, 0.3) is 0 Å². The SMILES string of the molecule is COc1cccc(CC(=O)N2CCN(S(=O)(=O)c3ccc(C)c(C)c3)CC2)c1. The van der Waals surface area contributed by atoms with Crippen molar-refractivity contribution in [3.05, 3.63) is 59.2 Å². The minimum absolute atomic E-state index is 0.00326. The number of piperazine rings is 1. The summed E-state index contributed by atoms with van der Waals surface area (Å²) in [6, 6.07) is 12.6. The van der Waals surface area contributed by atoms with Crippen molar-refractivity contribution in [2.24, 2.45) is 0 Å². The van der Waals surface area contributed by atoms with Crippen molar-refractivity contribution >= 4 is 15.9 Å². The van der Waals surface area contributed by atoms with E-state index >= 15 is 0 Å². The zero-order valence-corrected chi connectivity index (χ0v) is 17.3. The van der Waals surface area contributed by atoms with Crippen LogP contribution in [0.15, 0.2) is 47.4 Å². The van der Waals surface area contributed by atoms with Gasteiger partial charge in [0.2, 0.25) is 15.9 Å². The molecule has 0 unspecified atom stereocenters. The maximum absolute atomic E-state index is 12.9. The molecule has 6 nitrogen and oxygen atoms in total. The van der Waals surface area contributed by atoms with Gasteiger partial charge in [0, 0.05) is 26.2 Å². The molecule has 1 fully saturated rings. The molecule has 3 rings (SSSR count). The number of hydrogen-bond donors (Lipinski definition) is 0. The third-order valence-corrected chi connectivity index (χ3v) is 7.09. The van der Waals surface area contributed by atoms with E-state index in [0.29, 0.717) is 31.1 Å². The Kier molecular flexibility index (Phi) is 6.05. The molecule has 1 aliphatic heterocycles. The van der Waals surface area contributed by atoms with Crippen molar-refractivity contribution in [3.8, 4) is 5.75 Å². The van der Waals surface area contributed by atoms with Crippen LogP contribution in [0.2, 0.25) is 0 Å². The summed E-state index contributed by atoms with van der Waals surface area (Å²) in [5, 5.41) is 0. The van der Waals surface area contributed by atoms with Gasteiger partial charge in [-0.05, 0) is 54.8 Å². The molecule has 1 aliphatic rings. The highest BCUT2D eigenvalue weighted by atomic mass is 32.2. The first-order valence-electron chi connectivity index (χ1n) is 9.29. The first-order valence-corrected chi connectivity index (χ1v) is 10.7. The number of nitrogens with zero attached hydrogens (tertiary/aromatic N) is 2. The average molecular weight is 403 g/mol. The first kappa shape index (κ1) is 20.4. The van der Waals surface area contributed by atoms with E-state index in [0.717, 1.165) is 22.4 Å². The van der Waals surface area contributed by atoms with Crippen molar-refractivity contribution in [1.29, 1.82) is 0 Å². The second kappa shape index (κ2) is 8.32. The number of ether oxygens (including phenoxy) is 1. The minimum Gasteiger partial charge on any atom is -0.497 e. The van der Waals surface area contributed by atoms with Crippen LogP contribution in [0.1, 0.15) is 16.7 Å². The zero-order valence-electron chi connectivity index (χ0n) is 16.5. The fraction of sp³-hybridized carbons (Fsp3) is 0.381. The number of benzene rings is 2. The minimum atomic E-state index is -3.54. The van der Waals surface area contributed by atoms with E-state index in [9.17, 15) is 13.2 Å². The smallest absolute Gasteiger partial charge is 0.243 e. The molecule has 0 radical (unpaired) electrons. The highest BCUT2D eigenvalue weighted by Gasteiger charge is 2.30. The summed E-state index contributed by atoms with van der Waals surface area (Å²) in [5.41, 5.74) is 2.90. The molecule has 2 aromatic carbocycles. The molecular formula is C21H26N2O4S. The third-order valence-electron chi connectivity index (χ3n) is 5.20. The molecule has 0 spiro atoms. The monoisotopic (exact) mass is 402 g/mol. The summed E-state index contributed by atoms with van der Waals surface area (Å²) in [7, 11) is -1.95. The molecule has 0 aromatic heterocycles. The normalized spacial score (nSPS) is 15.5. The third kappa shape index (κ3) is 4.36. The summed E-state index contributed by atoms with van der Waals surface area (Å²) < 4.78 is 32.5. The molecule has 0 saturated carbocycles. The van der Waals surface area contributed by atoms with E-state index in [2.05, 4.69) is 0 Å². The van der Waals surface area contributed by atoms with Crippen LogP contribution in [0.5, 0.6) is 5.75 Å². The van der Waals surface area contributed by atoms with Gasteiger partial charge in [0.1, 0.15) is 5.75 Å². The number of hydrogen-bond acceptors (Lipinski definition) is 4. The van der Waals surface area contributed by atoms with Crippen LogP contribution in [0, 0.1) is 13.8 Å². The van der Waals surface area contributed by atoms with Crippen molar-refractivity contribution in [2.45, 2.75) is 25.2 Å². The average Bonchev–Trinajstić information content (AvgIpc) is 2.70. The quantitative estimate of drug-likeness (QED) is 0.770. The molecule has 0 aliphatic carbocycles. The topological polar surface area (TPSA) is 66.9 Å². The Morgan fingerprint density at radius 3 is 2.36 bits per heavy atom. The van der Waals surface area contributed by atoms with Gasteiger partial charge in [0.05, 0.1) is 18.4 Å². The molecule has 0 bridgehead atoms. The fourth-order valence-electron chi connectivity index (χ4n) is 3.27. The van der Waals surface area contributed by atoms with E-state index in [-0.39, 0.29) is 12.3 Å². The van der Waals surface area contributed by atoms with Crippen molar-refractivity contribution in [1.82, 2.24) is 9.21 Å². The predicted octanol–water partition coefficient (Wildman–Crippen LogP) is 2.39. The van der Waals surface area contributed by atoms with Gasteiger partial charge < -0.3 is 9.64 Å². The predicted molar refractivity (Wildman–Crippen MR) is 108 cm³/mol. The van der Waals surface area contributed by atoms with Gasteiger partial charge in [-0.15, -0.1) is 0 Å². The van der Waals surface area contributed by atoms with Crippen LogP contribution < -0.4 is 4.74 Å².